The summed E-state index contributed by atoms with van der Waals surface area (Å²) in [4.78, 5) is 0. The third kappa shape index (κ3) is 2.76. The first kappa shape index (κ1) is 15.7. The van der Waals surface area contributed by atoms with E-state index in [0.29, 0.717) is 0 Å². The molecule has 1 aliphatic rings. The summed E-state index contributed by atoms with van der Waals surface area (Å²) in [6.07, 6.45) is 0.969. The van der Waals surface area contributed by atoms with E-state index in [1.165, 1.54) is 44.5 Å². The molecule has 0 fully saturated rings. The van der Waals surface area contributed by atoms with Crippen LogP contribution in [0.2, 0.25) is 0 Å². The molecule has 2 nitrogen and oxygen atoms in total. The first-order valence-corrected chi connectivity index (χ1v) is 9.15. The second-order valence-electron chi connectivity index (χ2n) is 7.16. The van der Waals surface area contributed by atoms with Crippen LogP contribution in [0.25, 0.3) is 33.4 Å². The highest BCUT2D eigenvalue weighted by Crippen LogP contribution is 2.40. The highest BCUT2D eigenvalue weighted by molar-refractivity contribution is 5.83. The van der Waals surface area contributed by atoms with Gasteiger partial charge in [0.1, 0.15) is 0 Å². The minimum Gasteiger partial charge on any atom is -0.399 e. The highest BCUT2D eigenvalue weighted by Gasteiger charge is 2.19. The summed E-state index contributed by atoms with van der Waals surface area (Å²) in [5.41, 5.74) is 23.5. The van der Waals surface area contributed by atoms with Gasteiger partial charge < -0.3 is 11.5 Å². The Labute approximate surface area is 159 Å². The van der Waals surface area contributed by atoms with Gasteiger partial charge in [-0.05, 0) is 75.2 Å². The fourth-order valence-corrected chi connectivity index (χ4v) is 3.92. The van der Waals surface area contributed by atoms with Crippen LogP contribution in [-0.2, 0) is 6.42 Å². The summed E-state index contributed by atoms with van der Waals surface area (Å²) >= 11 is 0. The van der Waals surface area contributed by atoms with Gasteiger partial charge in [0.25, 0.3) is 0 Å². The lowest BCUT2D eigenvalue weighted by Gasteiger charge is -2.07. The Hall–Kier alpha value is -3.52. The zero-order valence-electron chi connectivity index (χ0n) is 14.9. The van der Waals surface area contributed by atoms with Crippen LogP contribution in [-0.4, -0.2) is 0 Å². The Morgan fingerprint density at radius 1 is 0.444 bits per heavy atom. The molecule has 27 heavy (non-hydrogen) atoms. The predicted molar refractivity (Wildman–Crippen MR) is 114 cm³/mol. The minimum atomic E-state index is 0.794. The Morgan fingerprint density at radius 3 is 1.22 bits per heavy atom. The Kier molecular flexibility index (Phi) is 3.51. The Bertz CT molecular complexity index is 1050. The molecular weight excluding hydrogens is 328 g/mol. The summed E-state index contributed by atoms with van der Waals surface area (Å²) in [6, 6.07) is 29.7. The van der Waals surface area contributed by atoms with Gasteiger partial charge in [-0.25, -0.2) is 0 Å². The molecule has 0 heterocycles. The molecule has 0 saturated carbocycles. The summed E-state index contributed by atoms with van der Waals surface area (Å²) in [5, 5.41) is 0. The fourth-order valence-electron chi connectivity index (χ4n) is 3.92. The van der Waals surface area contributed by atoms with Gasteiger partial charge in [0, 0.05) is 11.4 Å². The van der Waals surface area contributed by atoms with E-state index in [1.54, 1.807) is 0 Å². The maximum atomic E-state index is 5.82. The van der Waals surface area contributed by atoms with Crippen LogP contribution in [0, 0.1) is 0 Å². The van der Waals surface area contributed by atoms with E-state index in [2.05, 4.69) is 60.7 Å². The van der Waals surface area contributed by atoms with Crippen molar-refractivity contribution in [3.05, 3.63) is 96.1 Å². The molecular formula is C25H20N2. The van der Waals surface area contributed by atoms with Crippen LogP contribution < -0.4 is 11.5 Å². The number of rotatable bonds is 2. The molecule has 0 amide bonds. The number of benzene rings is 4. The summed E-state index contributed by atoms with van der Waals surface area (Å²) in [6.45, 7) is 0. The molecule has 130 valence electrons. The van der Waals surface area contributed by atoms with Gasteiger partial charge >= 0.3 is 0 Å². The van der Waals surface area contributed by atoms with Crippen molar-refractivity contribution >= 4 is 11.4 Å². The largest absolute Gasteiger partial charge is 0.399 e. The van der Waals surface area contributed by atoms with E-state index < -0.39 is 0 Å². The molecule has 4 N–H and O–H groups in total. The molecule has 1 aliphatic carbocycles. The number of hydrogen-bond donors (Lipinski definition) is 2. The molecule has 0 spiro atoms. The molecule has 0 unspecified atom stereocenters. The van der Waals surface area contributed by atoms with Crippen LogP contribution in [0.15, 0.2) is 84.9 Å². The number of hydrogen-bond acceptors (Lipinski definition) is 2. The monoisotopic (exact) mass is 348 g/mol. The standard InChI is InChI=1S/C25H20N2/c26-22-7-1-16(2-8-22)18-5-11-24-20(13-18)15-21-14-19(6-12-25(21)24)17-3-9-23(27)10-4-17/h1-14H,15,26-27H2. The van der Waals surface area contributed by atoms with Gasteiger partial charge in [0.15, 0.2) is 0 Å². The van der Waals surface area contributed by atoms with Crippen LogP contribution in [0.1, 0.15) is 11.1 Å². The smallest absolute Gasteiger partial charge is 0.0314 e. The lowest BCUT2D eigenvalue weighted by Crippen LogP contribution is -1.86. The average molecular weight is 348 g/mol. The summed E-state index contributed by atoms with van der Waals surface area (Å²) < 4.78 is 0. The predicted octanol–water partition coefficient (Wildman–Crippen LogP) is 5.76. The van der Waals surface area contributed by atoms with Crippen molar-refractivity contribution in [3.63, 3.8) is 0 Å². The van der Waals surface area contributed by atoms with Crippen LogP contribution in [0.3, 0.4) is 0 Å². The second kappa shape index (κ2) is 6.03. The molecule has 0 bridgehead atoms. The molecule has 0 radical (unpaired) electrons. The first-order valence-electron chi connectivity index (χ1n) is 9.15. The van der Waals surface area contributed by atoms with Crippen molar-refractivity contribution in [1.29, 1.82) is 0 Å². The van der Waals surface area contributed by atoms with Gasteiger partial charge in [-0.15, -0.1) is 0 Å². The lowest BCUT2D eigenvalue weighted by atomic mass is 9.98. The number of fused-ring (bicyclic) bond motifs is 3. The van der Waals surface area contributed by atoms with Crippen LogP contribution in [0.5, 0.6) is 0 Å². The van der Waals surface area contributed by atoms with E-state index in [1.807, 2.05) is 24.3 Å². The summed E-state index contributed by atoms with van der Waals surface area (Å²) in [7, 11) is 0. The van der Waals surface area contributed by atoms with Gasteiger partial charge in [-0.3, -0.25) is 0 Å². The lowest BCUT2D eigenvalue weighted by molar-refractivity contribution is 1.26. The highest BCUT2D eigenvalue weighted by atomic mass is 14.5. The van der Waals surface area contributed by atoms with E-state index in [4.69, 9.17) is 11.5 Å². The average Bonchev–Trinajstić information content (AvgIpc) is 3.06. The van der Waals surface area contributed by atoms with Crippen molar-refractivity contribution in [3.8, 4) is 33.4 Å². The number of nitrogens with two attached hydrogens (primary N) is 2. The fraction of sp³-hybridized carbons (Fsp3) is 0.0400. The van der Waals surface area contributed by atoms with Crippen molar-refractivity contribution in [1.82, 2.24) is 0 Å². The molecule has 0 atom stereocenters. The Balaban J connectivity index is 1.51. The normalized spacial score (nSPS) is 11.9. The zero-order valence-corrected chi connectivity index (χ0v) is 14.9. The number of nitrogen functional groups attached to an aromatic ring is 2. The minimum absolute atomic E-state index is 0.794. The van der Waals surface area contributed by atoms with E-state index >= 15 is 0 Å². The number of anilines is 2. The summed E-state index contributed by atoms with van der Waals surface area (Å²) in [5.74, 6) is 0. The molecule has 0 aliphatic heterocycles. The Morgan fingerprint density at radius 2 is 0.815 bits per heavy atom. The zero-order chi connectivity index (χ0) is 18.4. The van der Waals surface area contributed by atoms with Gasteiger partial charge in [0.05, 0.1) is 0 Å². The third-order valence-electron chi connectivity index (χ3n) is 5.37. The first-order chi connectivity index (χ1) is 13.2. The van der Waals surface area contributed by atoms with Crippen molar-refractivity contribution in [2.75, 3.05) is 11.5 Å². The van der Waals surface area contributed by atoms with E-state index in [0.717, 1.165) is 17.8 Å². The van der Waals surface area contributed by atoms with Crippen molar-refractivity contribution < 1.29 is 0 Å². The maximum absolute atomic E-state index is 5.82. The van der Waals surface area contributed by atoms with Gasteiger partial charge in [-0.2, -0.15) is 0 Å². The molecule has 5 rings (SSSR count). The van der Waals surface area contributed by atoms with Gasteiger partial charge in [-0.1, -0.05) is 60.7 Å². The molecule has 4 aromatic carbocycles. The quantitative estimate of drug-likeness (QED) is 0.399. The third-order valence-corrected chi connectivity index (χ3v) is 5.37. The van der Waals surface area contributed by atoms with Gasteiger partial charge in [0.2, 0.25) is 0 Å². The molecule has 4 aromatic rings. The molecule has 0 aromatic heterocycles. The molecule has 0 saturated heterocycles. The molecule has 2 heteroatoms. The van der Waals surface area contributed by atoms with Crippen LogP contribution in [0.4, 0.5) is 11.4 Å². The topological polar surface area (TPSA) is 52.0 Å². The maximum Gasteiger partial charge on any atom is 0.0314 e. The van der Waals surface area contributed by atoms with Crippen molar-refractivity contribution in [2.45, 2.75) is 6.42 Å². The van der Waals surface area contributed by atoms with Crippen molar-refractivity contribution in [2.24, 2.45) is 0 Å². The second-order valence-corrected chi connectivity index (χ2v) is 7.16. The van der Waals surface area contributed by atoms with E-state index in [-0.39, 0.29) is 0 Å². The van der Waals surface area contributed by atoms with Crippen LogP contribution >= 0.6 is 0 Å². The van der Waals surface area contributed by atoms with E-state index in [9.17, 15) is 0 Å². The SMILES string of the molecule is Nc1ccc(-c2ccc3c(c2)Cc2cc(-c4ccc(N)cc4)ccc2-3)cc1.